The standard InChI is InChI=1S/C11H16N6/c1-17-5-3-10(16-17)11(15-13)6-8-7-14-4-2-9(8)12/h2-5,7,11,15H,6,13H2,1H3,(H2,12,14). The highest BCUT2D eigenvalue weighted by molar-refractivity contribution is 5.44. The maximum atomic E-state index is 5.87. The highest BCUT2D eigenvalue weighted by Crippen LogP contribution is 2.19. The van der Waals surface area contributed by atoms with Gasteiger partial charge in [0.25, 0.3) is 0 Å². The number of nitrogen functional groups attached to an aromatic ring is 1. The molecule has 0 aliphatic heterocycles. The Morgan fingerprint density at radius 2 is 2.29 bits per heavy atom. The van der Waals surface area contributed by atoms with E-state index in [0.717, 1.165) is 16.9 Å². The molecule has 2 rings (SSSR count). The Balaban J connectivity index is 2.18. The third-order valence-corrected chi connectivity index (χ3v) is 2.66. The second-order valence-corrected chi connectivity index (χ2v) is 3.91. The van der Waals surface area contributed by atoms with E-state index < -0.39 is 0 Å². The Labute approximate surface area is 99.6 Å². The van der Waals surface area contributed by atoms with Crippen molar-refractivity contribution in [2.45, 2.75) is 12.5 Å². The second kappa shape index (κ2) is 4.94. The van der Waals surface area contributed by atoms with E-state index in [2.05, 4.69) is 15.5 Å². The number of pyridine rings is 1. The fourth-order valence-corrected chi connectivity index (χ4v) is 1.70. The summed E-state index contributed by atoms with van der Waals surface area (Å²) in [5.41, 5.74) is 11.2. The minimum atomic E-state index is -0.0669. The Morgan fingerprint density at radius 3 is 2.88 bits per heavy atom. The molecule has 0 saturated carbocycles. The Hall–Kier alpha value is -1.92. The smallest absolute Gasteiger partial charge is 0.0810 e. The van der Waals surface area contributed by atoms with Gasteiger partial charge in [0.15, 0.2) is 0 Å². The molecule has 1 atom stereocenters. The van der Waals surface area contributed by atoms with Crippen LogP contribution in [0.1, 0.15) is 17.3 Å². The minimum Gasteiger partial charge on any atom is -0.398 e. The van der Waals surface area contributed by atoms with Gasteiger partial charge in [-0.15, -0.1) is 0 Å². The van der Waals surface area contributed by atoms with Crippen molar-refractivity contribution in [2.24, 2.45) is 12.9 Å². The molecule has 0 amide bonds. The van der Waals surface area contributed by atoms with E-state index in [1.54, 1.807) is 23.1 Å². The molecule has 2 aromatic rings. The zero-order valence-corrected chi connectivity index (χ0v) is 9.67. The van der Waals surface area contributed by atoms with Crippen molar-refractivity contribution in [3.05, 3.63) is 42.0 Å². The maximum absolute atomic E-state index is 5.87. The van der Waals surface area contributed by atoms with E-state index in [4.69, 9.17) is 11.6 Å². The average Bonchev–Trinajstić information content (AvgIpc) is 2.75. The van der Waals surface area contributed by atoms with Crippen LogP contribution in [0.25, 0.3) is 0 Å². The predicted octanol–water partition coefficient (Wildman–Crippen LogP) is 0.144. The number of anilines is 1. The van der Waals surface area contributed by atoms with Crippen molar-refractivity contribution in [3.8, 4) is 0 Å². The van der Waals surface area contributed by atoms with Gasteiger partial charge >= 0.3 is 0 Å². The van der Waals surface area contributed by atoms with Crippen LogP contribution in [0.4, 0.5) is 5.69 Å². The lowest BCUT2D eigenvalue weighted by Crippen LogP contribution is -2.30. The molecular formula is C11H16N6. The lowest BCUT2D eigenvalue weighted by atomic mass is 10.0. The topological polar surface area (TPSA) is 94.8 Å². The molecule has 2 heterocycles. The van der Waals surface area contributed by atoms with E-state index in [1.165, 1.54) is 0 Å². The number of rotatable bonds is 4. The number of hydrazine groups is 1. The number of nitrogens with two attached hydrogens (primary N) is 2. The fraction of sp³-hybridized carbons (Fsp3) is 0.273. The molecule has 0 saturated heterocycles. The van der Waals surface area contributed by atoms with Gasteiger partial charge in [-0.2, -0.15) is 5.10 Å². The van der Waals surface area contributed by atoms with Gasteiger partial charge in [-0.05, 0) is 24.1 Å². The van der Waals surface area contributed by atoms with Crippen LogP contribution < -0.4 is 17.0 Å². The van der Waals surface area contributed by atoms with Gasteiger partial charge in [0.2, 0.25) is 0 Å². The van der Waals surface area contributed by atoms with Gasteiger partial charge in [-0.3, -0.25) is 20.9 Å². The third kappa shape index (κ3) is 2.61. The Bertz CT molecular complexity index is 492. The van der Waals surface area contributed by atoms with Crippen LogP contribution in [0.5, 0.6) is 0 Å². The molecule has 2 aromatic heterocycles. The first kappa shape index (κ1) is 11.6. The summed E-state index contributed by atoms with van der Waals surface area (Å²) in [6.45, 7) is 0. The maximum Gasteiger partial charge on any atom is 0.0810 e. The molecule has 0 aliphatic carbocycles. The van der Waals surface area contributed by atoms with E-state index >= 15 is 0 Å². The van der Waals surface area contributed by atoms with Crippen LogP contribution in [0.15, 0.2) is 30.7 Å². The van der Waals surface area contributed by atoms with Crippen LogP contribution in [0, 0.1) is 0 Å². The number of nitrogens with zero attached hydrogens (tertiary/aromatic N) is 3. The zero-order chi connectivity index (χ0) is 12.3. The molecule has 0 aromatic carbocycles. The van der Waals surface area contributed by atoms with Gasteiger partial charge in [0.05, 0.1) is 11.7 Å². The number of hydrogen-bond acceptors (Lipinski definition) is 5. The van der Waals surface area contributed by atoms with Crippen molar-refractivity contribution < 1.29 is 0 Å². The van der Waals surface area contributed by atoms with E-state index in [9.17, 15) is 0 Å². The number of aromatic nitrogens is 3. The van der Waals surface area contributed by atoms with Crippen molar-refractivity contribution >= 4 is 5.69 Å². The van der Waals surface area contributed by atoms with Crippen LogP contribution >= 0.6 is 0 Å². The van der Waals surface area contributed by atoms with Crippen molar-refractivity contribution in [1.29, 1.82) is 0 Å². The molecule has 5 N–H and O–H groups in total. The molecular weight excluding hydrogens is 216 g/mol. The van der Waals surface area contributed by atoms with E-state index in [-0.39, 0.29) is 6.04 Å². The predicted molar refractivity (Wildman–Crippen MR) is 65.6 cm³/mol. The molecule has 17 heavy (non-hydrogen) atoms. The van der Waals surface area contributed by atoms with Crippen LogP contribution in [-0.2, 0) is 13.5 Å². The van der Waals surface area contributed by atoms with Crippen molar-refractivity contribution in [2.75, 3.05) is 5.73 Å². The van der Waals surface area contributed by atoms with Gasteiger partial charge in [-0.25, -0.2) is 0 Å². The van der Waals surface area contributed by atoms with Gasteiger partial charge < -0.3 is 5.73 Å². The van der Waals surface area contributed by atoms with Gasteiger partial charge in [0, 0.05) is 31.3 Å². The molecule has 6 heteroatoms. The third-order valence-electron chi connectivity index (χ3n) is 2.66. The monoisotopic (exact) mass is 232 g/mol. The number of aryl methyl sites for hydroxylation is 1. The molecule has 6 nitrogen and oxygen atoms in total. The van der Waals surface area contributed by atoms with E-state index in [1.807, 2.05) is 19.3 Å². The summed E-state index contributed by atoms with van der Waals surface area (Å²) in [6, 6.07) is 3.64. The highest BCUT2D eigenvalue weighted by Gasteiger charge is 2.14. The summed E-state index contributed by atoms with van der Waals surface area (Å²) in [6.07, 6.45) is 5.96. The summed E-state index contributed by atoms with van der Waals surface area (Å²) < 4.78 is 1.74. The summed E-state index contributed by atoms with van der Waals surface area (Å²) in [4.78, 5) is 4.06. The highest BCUT2D eigenvalue weighted by atomic mass is 15.3. The van der Waals surface area contributed by atoms with Crippen LogP contribution in [-0.4, -0.2) is 14.8 Å². The van der Waals surface area contributed by atoms with E-state index in [0.29, 0.717) is 6.42 Å². The first-order valence-corrected chi connectivity index (χ1v) is 5.34. The average molecular weight is 232 g/mol. The SMILES string of the molecule is Cn1ccc(C(Cc2cnccc2N)NN)n1. The summed E-state index contributed by atoms with van der Waals surface area (Å²) in [7, 11) is 1.87. The molecule has 1 unspecified atom stereocenters. The number of nitrogens with one attached hydrogen (secondary N) is 1. The molecule has 0 fully saturated rings. The Kier molecular flexibility index (Phi) is 3.36. The summed E-state index contributed by atoms with van der Waals surface area (Å²) in [5.74, 6) is 5.55. The van der Waals surface area contributed by atoms with Gasteiger partial charge in [-0.1, -0.05) is 0 Å². The van der Waals surface area contributed by atoms with Crippen molar-refractivity contribution in [1.82, 2.24) is 20.2 Å². The first-order chi connectivity index (χ1) is 8.20. The summed E-state index contributed by atoms with van der Waals surface area (Å²) >= 11 is 0. The molecule has 0 aliphatic rings. The fourth-order valence-electron chi connectivity index (χ4n) is 1.70. The zero-order valence-electron chi connectivity index (χ0n) is 9.67. The molecule has 0 radical (unpaired) electrons. The van der Waals surface area contributed by atoms with Crippen molar-refractivity contribution in [3.63, 3.8) is 0 Å². The minimum absolute atomic E-state index is 0.0669. The number of hydrogen-bond donors (Lipinski definition) is 3. The lowest BCUT2D eigenvalue weighted by molar-refractivity contribution is 0.529. The van der Waals surface area contributed by atoms with Crippen LogP contribution in [0.3, 0.4) is 0 Å². The first-order valence-electron chi connectivity index (χ1n) is 5.34. The molecule has 0 bridgehead atoms. The Morgan fingerprint density at radius 1 is 1.47 bits per heavy atom. The van der Waals surface area contributed by atoms with Crippen LogP contribution in [0.2, 0.25) is 0 Å². The van der Waals surface area contributed by atoms with Gasteiger partial charge in [0.1, 0.15) is 0 Å². The largest absolute Gasteiger partial charge is 0.398 e. The molecule has 0 spiro atoms. The molecule has 90 valence electrons. The second-order valence-electron chi connectivity index (χ2n) is 3.91. The quantitative estimate of drug-likeness (QED) is 0.515. The summed E-state index contributed by atoms with van der Waals surface area (Å²) in [5, 5.41) is 4.32. The lowest BCUT2D eigenvalue weighted by Gasteiger charge is -2.14. The normalized spacial score (nSPS) is 12.6.